The largest absolute Gasteiger partial charge is 0.456 e. The maximum absolute atomic E-state index is 7.07. The van der Waals surface area contributed by atoms with Crippen LogP contribution in [-0.4, -0.2) is 39.0 Å². The second-order valence-electron chi connectivity index (χ2n) is 33.8. The highest BCUT2D eigenvalue weighted by Gasteiger charge is 2.29. The first-order chi connectivity index (χ1) is 64.9. The van der Waals surface area contributed by atoms with Gasteiger partial charge >= 0.3 is 0 Å². The van der Waals surface area contributed by atoms with Gasteiger partial charge in [0.05, 0.1) is 33.4 Å². The molecule has 0 aliphatic carbocycles. The summed E-state index contributed by atoms with van der Waals surface area (Å²) in [6, 6.07) is 142. The molecule has 29 aromatic rings. The standard InChI is InChI=1S/C59H34N4O2.C59H32N4OS2/c1-2-12-35(13-3-1)36-22-24-37(25-23-36)57-60-58(42-26-27-44-43-18-8-10-20-52(43)64-54(44)34-42)62-59(61-57)46-28-29-49(56-55(46)45-19-9-11-21-53(45)65-56)63-50-32-40-16-6-4-14-38(40)30-47(50)48-31-39-15-5-7-17-41(39)33-51(48)63;1-3-15-35-31-46-43(29-33(35)13-1)44-30-34-14-2-4-16-36(34)32-47(44)63(46)45-28-27-42(55-37-17-5-8-22-48(37)64-56(45)55)59-61-57(40-20-11-25-51-53(40)38-18-6-9-23-49(38)65-51)60-58(62-59)41-21-12-26-52-54(41)39-19-7-10-24-50(39)66-52/h1-34H;1-32H. The van der Waals surface area contributed by atoms with Gasteiger partial charge in [0.15, 0.2) is 46.1 Å². The molecule has 0 aliphatic heterocycles. The first-order valence-electron chi connectivity index (χ1n) is 43.9. The van der Waals surface area contributed by atoms with E-state index in [1.165, 1.54) is 94.2 Å². The number of fused-ring (bicyclic) bond motifs is 25. The molecular formula is C118H66N8O3S2. The van der Waals surface area contributed by atoms with Crippen LogP contribution in [0.4, 0.5) is 0 Å². The highest BCUT2D eigenvalue weighted by molar-refractivity contribution is 7.26. The molecule has 0 atom stereocenters. The lowest BCUT2D eigenvalue weighted by atomic mass is 10.0. The van der Waals surface area contributed by atoms with E-state index in [4.69, 9.17) is 43.2 Å². The summed E-state index contributed by atoms with van der Waals surface area (Å²) in [6.07, 6.45) is 0. The van der Waals surface area contributed by atoms with Crippen molar-refractivity contribution in [3.8, 4) is 90.8 Å². The third-order valence-electron chi connectivity index (χ3n) is 26.4. The van der Waals surface area contributed by atoms with Gasteiger partial charge in [0, 0.05) is 128 Å². The van der Waals surface area contributed by atoms with Gasteiger partial charge in [-0.3, -0.25) is 0 Å². The lowest BCUT2D eigenvalue weighted by Gasteiger charge is -2.13. The van der Waals surface area contributed by atoms with Crippen LogP contribution in [-0.2, 0) is 0 Å². The second-order valence-corrected chi connectivity index (χ2v) is 36.0. The molecule has 0 radical (unpaired) electrons. The molecule has 608 valence electrons. The number of nitrogens with zero attached hydrogens (tertiary/aromatic N) is 8. The average Bonchev–Trinajstić information content (AvgIpc) is 1.56. The van der Waals surface area contributed by atoms with E-state index in [2.05, 4.69) is 361 Å². The second kappa shape index (κ2) is 28.7. The molecule has 9 aromatic heterocycles. The van der Waals surface area contributed by atoms with E-state index in [0.29, 0.717) is 34.9 Å². The predicted octanol–water partition coefficient (Wildman–Crippen LogP) is 32.7. The Labute approximate surface area is 753 Å². The van der Waals surface area contributed by atoms with Crippen molar-refractivity contribution in [2.45, 2.75) is 0 Å². The zero-order chi connectivity index (χ0) is 85.6. The van der Waals surface area contributed by atoms with Crippen molar-refractivity contribution in [3.63, 3.8) is 0 Å². The minimum absolute atomic E-state index is 0.546. The Morgan fingerprint density at radius 1 is 0.183 bits per heavy atom. The fourth-order valence-electron chi connectivity index (χ4n) is 20.4. The van der Waals surface area contributed by atoms with Gasteiger partial charge in [-0.05, 0) is 182 Å². The molecule has 0 N–H and O–H groups in total. The number of para-hydroxylation sites is 3. The third-order valence-corrected chi connectivity index (χ3v) is 28.7. The Hall–Kier alpha value is -17.1. The summed E-state index contributed by atoms with van der Waals surface area (Å²) >= 11 is 3.60. The summed E-state index contributed by atoms with van der Waals surface area (Å²) in [5.74, 6) is 3.51. The zero-order valence-corrected chi connectivity index (χ0v) is 71.4. The Morgan fingerprint density at radius 2 is 0.496 bits per heavy atom. The molecule has 29 rings (SSSR count). The fraction of sp³-hybridized carbons (Fsp3) is 0. The minimum Gasteiger partial charge on any atom is -0.456 e. The van der Waals surface area contributed by atoms with Crippen molar-refractivity contribution >= 4 is 216 Å². The summed E-state index contributed by atoms with van der Waals surface area (Å²) in [5, 5.41) is 25.0. The molecule has 0 bridgehead atoms. The van der Waals surface area contributed by atoms with Gasteiger partial charge in [0.2, 0.25) is 0 Å². The van der Waals surface area contributed by atoms with Crippen LogP contribution in [0.5, 0.6) is 0 Å². The van der Waals surface area contributed by atoms with Crippen LogP contribution in [0.25, 0.3) is 284 Å². The monoisotopic (exact) mass is 1710 g/mol. The van der Waals surface area contributed by atoms with E-state index in [-0.39, 0.29) is 0 Å². The number of hydrogen-bond acceptors (Lipinski definition) is 11. The highest BCUT2D eigenvalue weighted by atomic mass is 32.1. The number of aromatic nitrogens is 8. The van der Waals surface area contributed by atoms with Crippen molar-refractivity contribution in [2.75, 3.05) is 0 Å². The molecule has 0 saturated carbocycles. The van der Waals surface area contributed by atoms with Crippen LogP contribution in [0.2, 0.25) is 0 Å². The number of hydrogen-bond donors (Lipinski definition) is 0. The van der Waals surface area contributed by atoms with Gasteiger partial charge in [-0.15, -0.1) is 22.7 Å². The van der Waals surface area contributed by atoms with Crippen molar-refractivity contribution in [3.05, 3.63) is 400 Å². The molecule has 0 unspecified atom stereocenters. The normalized spacial score (nSPS) is 12.1. The Bertz CT molecular complexity index is 9610. The first-order valence-corrected chi connectivity index (χ1v) is 45.5. The SMILES string of the molecule is c1ccc(-c2ccc(-c3nc(-c4ccc5c(c4)oc4ccccc45)nc(-c4ccc(-n5c6cc7ccccc7cc6c6cc7ccccc7cc65)c5oc6ccccc6c45)n3)cc2)cc1.c1ccc2cc3c(cc2c1)c1cc2ccccc2cc1n3-c1ccc(-c2nc(-c3cccc4sc5ccccc5c34)nc(-c3cccc4sc5ccccc5c34)n2)c2c1oc1ccccc12. The highest BCUT2D eigenvalue weighted by Crippen LogP contribution is 2.50. The van der Waals surface area contributed by atoms with Crippen LogP contribution in [0.15, 0.2) is 414 Å². The molecule has 0 fully saturated rings. The van der Waals surface area contributed by atoms with Gasteiger partial charge in [0.25, 0.3) is 0 Å². The molecule has 11 nitrogen and oxygen atoms in total. The van der Waals surface area contributed by atoms with Crippen LogP contribution < -0.4 is 0 Å². The average molecular weight is 1710 g/mol. The topological polar surface area (TPSA) is 127 Å². The van der Waals surface area contributed by atoms with Crippen molar-refractivity contribution in [1.82, 2.24) is 39.0 Å². The number of rotatable bonds is 9. The molecular weight excluding hydrogens is 1640 g/mol. The van der Waals surface area contributed by atoms with E-state index in [0.717, 1.165) is 155 Å². The van der Waals surface area contributed by atoms with Crippen molar-refractivity contribution < 1.29 is 13.3 Å². The van der Waals surface area contributed by atoms with Gasteiger partial charge in [-0.1, -0.05) is 273 Å². The Balaban J connectivity index is 0.000000131. The van der Waals surface area contributed by atoms with Crippen LogP contribution in [0, 0.1) is 0 Å². The maximum atomic E-state index is 7.07. The molecule has 0 spiro atoms. The van der Waals surface area contributed by atoms with E-state index >= 15 is 0 Å². The quantitative estimate of drug-likeness (QED) is 0.139. The smallest absolute Gasteiger partial charge is 0.164 e. The number of thiophene rings is 2. The summed E-state index contributed by atoms with van der Waals surface area (Å²) in [5.41, 5.74) is 18.7. The van der Waals surface area contributed by atoms with Gasteiger partial charge in [0.1, 0.15) is 22.3 Å². The van der Waals surface area contributed by atoms with Crippen LogP contribution in [0.1, 0.15) is 0 Å². The van der Waals surface area contributed by atoms with E-state index in [1.807, 2.05) is 48.5 Å². The van der Waals surface area contributed by atoms with Crippen molar-refractivity contribution in [1.29, 1.82) is 0 Å². The molecule has 13 heteroatoms. The minimum atomic E-state index is 0.546. The molecule has 0 amide bonds. The van der Waals surface area contributed by atoms with E-state index in [1.54, 1.807) is 22.7 Å². The number of benzene rings is 20. The zero-order valence-electron chi connectivity index (χ0n) is 69.7. The van der Waals surface area contributed by atoms with Crippen LogP contribution in [0.3, 0.4) is 0 Å². The first kappa shape index (κ1) is 73.1. The molecule has 0 saturated heterocycles. The van der Waals surface area contributed by atoms with Crippen LogP contribution >= 0.6 is 22.7 Å². The molecule has 20 aromatic carbocycles. The Kier molecular flexibility index (Phi) is 16.0. The molecule has 0 aliphatic rings. The summed E-state index contributed by atoms with van der Waals surface area (Å²) in [7, 11) is 0. The van der Waals surface area contributed by atoms with Gasteiger partial charge < -0.3 is 22.4 Å². The number of furan rings is 3. The molecule has 131 heavy (non-hydrogen) atoms. The maximum Gasteiger partial charge on any atom is 0.164 e. The third kappa shape index (κ3) is 11.5. The van der Waals surface area contributed by atoms with Crippen molar-refractivity contribution in [2.24, 2.45) is 0 Å². The van der Waals surface area contributed by atoms with Gasteiger partial charge in [-0.25, -0.2) is 29.9 Å². The lowest BCUT2D eigenvalue weighted by Crippen LogP contribution is -2.02. The lowest BCUT2D eigenvalue weighted by molar-refractivity contribution is 0.666. The summed E-state index contributed by atoms with van der Waals surface area (Å²) < 4.78 is 30.1. The fourth-order valence-corrected chi connectivity index (χ4v) is 22.6. The van der Waals surface area contributed by atoms with Gasteiger partial charge in [-0.2, -0.15) is 0 Å². The summed E-state index contributed by atoms with van der Waals surface area (Å²) in [6.45, 7) is 0. The Morgan fingerprint density at radius 3 is 0.939 bits per heavy atom. The van der Waals surface area contributed by atoms with E-state index in [9.17, 15) is 0 Å². The predicted molar refractivity (Wildman–Crippen MR) is 544 cm³/mol. The van der Waals surface area contributed by atoms with E-state index < -0.39 is 0 Å². The summed E-state index contributed by atoms with van der Waals surface area (Å²) in [4.78, 5) is 32.2. The molecule has 9 heterocycles.